The minimum atomic E-state index is -0.849. The SMILES string of the molecule is N#Cc1ccc(CO[N+](=O)[O-])cc1. The average Bonchev–Trinajstić information content (AvgIpc) is 2.15. The third-order valence-corrected chi connectivity index (χ3v) is 1.42. The van der Waals surface area contributed by atoms with Crippen molar-refractivity contribution in [3.05, 3.63) is 45.5 Å². The summed E-state index contributed by atoms with van der Waals surface area (Å²) < 4.78 is 0. The van der Waals surface area contributed by atoms with Crippen molar-refractivity contribution in [2.24, 2.45) is 0 Å². The molecule has 0 fully saturated rings. The van der Waals surface area contributed by atoms with Gasteiger partial charge in [0.15, 0.2) is 0 Å². The summed E-state index contributed by atoms with van der Waals surface area (Å²) >= 11 is 0. The second-order valence-corrected chi connectivity index (χ2v) is 2.31. The van der Waals surface area contributed by atoms with Gasteiger partial charge in [-0.05, 0) is 17.7 Å². The van der Waals surface area contributed by atoms with E-state index in [4.69, 9.17) is 5.26 Å². The first kappa shape index (κ1) is 9.00. The molecule has 0 aliphatic rings. The van der Waals surface area contributed by atoms with E-state index in [0.717, 1.165) is 0 Å². The molecule has 0 bridgehead atoms. The molecule has 0 radical (unpaired) electrons. The molecule has 0 aliphatic carbocycles. The first-order chi connectivity index (χ1) is 6.22. The Morgan fingerprint density at radius 2 is 2.08 bits per heavy atom. The Balaban J connectivity index is 2.60. The predicted molar refractivity (Wildman–Crippen MR) is 42.9 cm³/mol. The normalized spacial score (nSPS) is 8.85. The Morgan fingerprint density at radius 1 is 1.46 bits per heavy atom. The van der Waals surface area contributed by atoms with E-state index >= 15 is 0 Å². The molecule has 0 N–H and O–H groups in total. The Hall–Kier alpha value is -2.09. The number of nitriles is 1. The number of hydrogen-bond donors (Lipinski definition) is 0. The highest BCUT2D eigenvalue weighted by atomic mass is 16.9. The topological polar surface area (TPSA) is 76.2 Å². The van der Waals surface area contributed by atoms with Gasteiger partial charge in [0.05, 0.1) is 11.6 Å². The molecular weight excluding hydrogens is 172 g/mol. The summed E-state index contributed by atoms with van der Waals surface area (Å²) in [5.41, 5.74) is 1.18. The quantitative estimate of drug-likeness (QED) is 0.515. The van der Waals surface area contributed by atoms with Crippen molar-refractivity contribution in [1.29, 1.82) is 5.26 Å². The molecule has 1 rings (SSSR count). The summed E-state index contributed by atoms with van der Waals surface area (Å²) in [6.45, 7) is -0.0846. The van der Waals surface area contributed by atoms with Gasteiger partial charge in [-0.25, -0.2) is 0 Å². The first-order valence-electron chi connectivity index (χ1n) is 3.48. The number of rotatable bonds is 3. The van der Waals surface area contributed by atoms with Crippen LogP contribution in [0.5, 0.6) is 0 Å². The maximum absolute atomic E-state index is 9.83. The van der Waals surface area contributed by atoms with E-state index in [0.29, 0.717) is 11.1 Å². The molecule has 0 spiro atoms. The largest absolute Gasteiger partial charge is 0.309 e. The van der Waals surface area contributed by atoms with Gasteiger partial charge >= 0.3 is 0 Å². The van der Waals surface area contributed by atoms with E-state index in [9.17, 15) is 10.1 Å². The molecule has 13 heavy (non-hydrogen) atoms. The van der Waals surface area contributed by atoms with Crippen molar-refractivity contribution in [2.45, 2.75) is 6.61 Å². The summed E-state index contributed by atoms with van der Waals surface area (Å²) in [6, 6.07) is 8.33. The van der Waals surface area contributed by atoms with Gasteiger partial charge in [0.1, 0.15) is 6.61 Å². The highest BCUT2D eigenvalue weighted by Gasteiger charge is 1.97. The van der Waals surface area contributed by atoms with E-state index in [1.54, 1.807) is 24.3 Å². The third kappa shape index (κ3) is 2.79. The molecule has 0 aliphatic heterocycles. The van der Waals surface area contributed by atoms with Crippen LogP contribution in [-0.2, 0) is 11.4 Å². The molecule has 0 unspecified atom stereocenters. The summed E-state index contributed by atoms with van der Waals surface area (Å²) in [7, 11) is 0. The second-order valence-electron chi connectivity index (χ2n) is 2.31. The van der Waals surface area contributed by atoms with Crippen LogP contribution in [0.1, 0.15) is 11.1 Å². The number of hydrogen-bond acceptors (Lipinski definition) is 4. The Labute approximate surface area is 74.3 Å². The van der Waals surface area contributed by atoms with Crippen molar-refractivity contribution in [2.75, 3.05) is 0 Å². The smallest absolute Gasteiger partial charge is 0.294 e. The zero-order valence-corrected chi connectivity index (χ0v) is 6.64. The van der Waals surface area contributed by atoms with Gasteiger partial charge in [-0.3, -0.25) is 0 Å². The Morgan fingerprint density at radius 3 is 2.54 bits per heavy atom. The molecule has 5 nitrogen and oxygen atoms in total. The van der Waals surface area contributed by atoms with Crippen LogP contribution in [0.15, 0.2) is 24.3 Å². The van der Waals surface area contributed by atoms with Crippen LogP contribution in [0, 0.1) is 21.4 Å². The highest BCUT2D eigenvalue weighted by molar-refractivity contribution is 5.31. The molecule has 0 aromatic heterocycles. The van der Waals surface area contributed by atoms with Crippen LogP contribution < -0.4 is 0 Å². The Kier molecular flexibility index (Phi) is 2.82. The zero-order chi connectivity index (χ0) is 9.68. The van der Waals surface area contributed by atoms with Crippen molar-refractivity contribution < 1.29 is 9.92 Å². The van der Waals surface area contributed by atoms with Crippen LogP contribution >= 0.6 is 0 Å². The first-order valence-corrected chi connectivity index (χ1v) is 3.48. The summed E-state index contributed by atoms with van der Waals surface area (Å²) in [4.78, 5) is 14.0. The summed E-state index contributed by atoms with van der Waals surface area (Å²) in [6.07, 6.45) is 0. The number of benzene rings is 1. The molecule has 0 heterocycles. The van der Waals surface area contributed by atoms with Crippen molar-refractivity contribution in [1.82, 2.24) is 0 Å². The standard InChI is InChI=1S/C8H6N2O3/c9-5-7-1-3-8(4-2-7)6-13-10(11)12/h1-4H,6H2. The van der Waals surface area contributed by atoms with E-state index in [1.807, 2.05) is 6.07 Å². The molecular formula is C8H6N2O3. The van der Waals surface area contributed by atoms with Gasteiger partial charge in [0.25, 0.3) is 5.09 Å². The lowest BCUT2D eigenvalue weighted by Crippen LogP contribution is -2.00. The van der Waals surface area contributed by atoms with Crippen molar-refractivity contribution in [3.63, 3.8) is 0 Å². The summed E-state index contributed by atoms with van der Waals surface area (Å²) in [5.74, 6) is 0. The fourth-order valence-corrected chi connectivity index (χ4v) is 0.803. The second kappa shape index (κ2) is 4.07. The highest BCUT2D eigenvalue weighted by Crippen LogP contribution is 2.04. The minimum absolute atomic E-state index is 0.0846. The molecule has 0 amide bonds. The molecule has 1 aromatic rings. The van der Waals surface area contributed by atoms with Gasteiger partial charge in [0.2, 0.25) is 0 Å². The van der Waals surface area contributed by atoms with Crippen LogP contribution in [-0.4, -0.2) is 5.09 Å². The van der Waals surface area contributed by atoms with Crippen LogP contribution in [0.3, 0.4) is 0 Å². The molecule has 66 valence electrons. The van der Waals surface area contributed by atoms with Gasteiger partial charge in [-0.1, -0.05) is 12.1 Å². The average molecular weight is 178 g/mol. The molecule has 0 saturated carbocycles. The van der Waals surface area contributed by atoms with Crippen molar-refractivity contribution in [3.8, 4) is 6.07 Å². The molecule has 0 saturated heterocycles. The molecule has 0 atom stereocenters. The van der Waals surface area contributed by atoms with Gasteiger partial charge in [-0.2, -0.15) is 5.26 Å². The summed E-state index contributed by atoms with van der Waals surface area (Å²) in [5, 5.41) is 17.4. The molecule has 1 aromatic carbocycles. The predicted octanol–water partition coefficient (Wildman–Crippen LogP) is 1.27. The lowest BCUT2D eigenvalue weighted by molar-refractivity contribution is -0.763. The Bertz CT molecular complexity index is 339. The van der Waals surface area contributed by atoms with E-state index < -0.39 is 5.09 Å². The van der Waals surface area contributed by atoms with Gasteiger partial charge in [-0.15, -0.1) is 10.1 Å². The van der Waals surface area contributed by atoms with Crippen molar-refractivity contribution >= 4 is 0 Å². The lowest BCUT2D eigenvalue weighted by Gasteiger charge is -1.98. The van der Waals surface area contributed by atoms with Gasteiger partial charge < -0.3 is 4.84 Å². The van der Waals surface area contributed by atoms with Crippen LogP contribution in [0.4, 0.5) is 0 Å². The minimum Gasteiger partial charge on any atom is -0.309 e. The number of nitrogens with zero attached hydrogens (tertiary/aromatic N) is 2. The fourth-order valence-electron chi connectivity index (χ4n) is 0.803. The maximum Gasteiger partial charge on any atom is 0.294 e. The third-order valence-electron chi connectivity index (χ3n) is 1.42. The fraction of sp³-hybridized carbons (Fsp3) is 0.125. The van der Waals surface area contributed by atoms with E-state index in [1.165, 1.54) is 0 Å². The van der Waals surface area contributed by atoms with E-state index in [-0.39, 0.29) is 6.61 Å². The van der Waals surface area contributed by atoms with Crippen LogP contribution in [0.25, 0.3) is 0 Å². The lowest BCUT2D eigenvalue weighted by atomic mass is 10.2. The molecule has 5 heteroatoms. The van der Waals surface area contributed by atoms with Crippen LogP contribution in [0.2, 0.25) is 0 Å². The van der Waals surface area contributed by atoms with Gasteiger partial charge in [0, 0.05) is 0 Å². The van der Waals surface area contributed by atoms with E-state index in [2.05, 4.69) is 4.84 Å². The zero-order valence-electron chi connectivity index (χ0n) is 6.64. The monoisotopic (exact) mass is 178 g/mol. The maximum atomic E-state index is 9.83.